The molecule has 6 rings (SSSR count). The Hall–Kier alpha value is -3.37. The molecule has 1 N–H and O–H groups in total. The lowest BCUT2D eigenvalue weighted by Gasteiger charge is -2.44. The number of hydrogen-bond acceptors (Lipinski definition) is 9. The molecule has 1 saturated carbocycles. The van der Waals surface area contributed by atoms with E-state index in [1.807, 2.05) is 48.3 Å². The predicted octanol–water partition coefficient (Wildman–Crippen LogP) is 4.95. The molecule has 2 unspecified atom stereocenters. The number of rotatable bonds is 9. The first-order chi connectivity index (χ1) is 18.9. The summed E-state index contributed by atoms with van der Waals surface area (Å²) in [7, 11) is 1.88. The number of ether oxygens (including phenoxy) is 1. The molecule has 3 aromatic heterocycles. The van der Waals surface area contributed by atoms with Crippen LogP contribution in [0.1, 0.15) is 55.6 Å². The summed E-state index contributed by atoms with van der Waals surface area (Å²) in [5.74, 6) is 1.77. The highest BCUT2D eigenvalue weighted by Crippen LogP contribution is 2.44. The topological polar surface area (TPSA) is 106 Å². The number of pyridine rings is 1. The van der Waals surface area contributed by atoms with Crippen molar-refractivity contribution in [2.45, 2.75) is 51.0 Å². The predicted molar refractivity (Wildman–Crippen MR) is 150 cm³/mol. The van der Waals surface area contributed by atoms with E-state index in [0.717, 1.165) is 66.1 Å². The van der Waals surface area contributed by atoms with Crippen LogP contribution in [0.3, 0.4) is 0 Å². The van der Waals surface area contributed by atoms with Gasteiger partial charge in [0.15, 0.2) is 5.76 Å². The number of fused-ring (bicyclic) bond motifs is 1. The first kappa shape index (κ1) is 25.9. The SMILES string of the molecule is CC(C)C1CNCCC1(CCOc1nc2ccc(-c3ccc(C(=O)N(C)C4CC4)cc3)nc2s1)c1cnno1. The van der Waals surface area contributed by atoms with Crippen molar-refractivity contribution in [3.05, 3.63) is 53.9 Å². The van der Waals surface area contributed by atoms with Gasteiger partial charge < -0.3 is 19.5 Å². The van der Waals surface area contributed by atoms with Crippen molar-refractivity contribution in [2.24, 2.45) is 11.8 Å². The van der Waals surface area contributed by atoms with Crippen molar-refractivity contribution in [1.29, 1.82) is 0 Å². The van der Waals surface area contributed by atoms with Gasteiger partial charge in [-0.2, -0.15) is 0 Å². The zero-order valence-electron chi connectivity index (χ0n) is 22.6. The van der Waals surface area contributed by atoms with E-state index in [0.29, 0.717) is 35.2 Å². The Labute approximate surface area is 232 Å². The summed E-state index contributed by atoms with van der Waals surface area (Å²) in [6.07, 6.45) is 5.70. The fraction of sp³-hybridized carbons (Fsp3) is 0.483. The molecule has 1 aromatic carbocycles. The van der Waals surface area contributed by atoms with Gasteiger partial charge in [0.25, 0.3) is 11.1 Å². The second-order valence-corrected chi connectivity index (χ2v) is 12.0. The standard InChI is InChI=1S/C29H34N6O3S/c1-18(2)22-16-30-14-12-29(22,25-17-31-34-38-25)13-15-37-28-33-24-11-10-23(32-26(24)39-28)19-4-6-20(7-5-19)27(36)35(3)21-8-9-21/h4-7,10-11,17-18,21-22,30H,8-9,12-16H2,1-3H3. The number of thiazole rings is 1. The highest BCUT2D eigenvalue weighted by atomic mass is 32.1. The molecule has 1 amide bonds. The van der Waals surface area contributed by atoms with Crippen molar-refractivity contribution in [2.75, 3.05) is 26.7 Å². The van der Waals surface area contributed by atoms with Gasteiger partial charge in [0, 0.05) is 34.9 Å². The maximum atomic E-state index is 12.7. The van der Waals surface area contributed by atoms with Crippen LogP contribution in [0, 0.1) is 11.8 Å². The summed E-state index contributed by atoms with van der Waals surface area (Å²) < 4.78 is 11.8. The van der Waals surface area contributed by atoms with Crippen molar-refractivity contribution in [3.63, 3.8) is 0 Å². The Morgan fingerprint density at radius 3 is 2.74 bits per heavy atom. The molecule has 2 atom stereocenters. The molecule has 4 aromatic rings. The third-order valence-electron chi connectivity index (χ3n) is 8.33. The molecule has 39 heavy (non-hydrogen) atoms. The molecule has 10 heteroatoms. The van der Waals surface area contributed by atoms with Gasteiger partial charge in [-0.3, -0.25) is 4.79 Å². The Balaban J connectivity index is 1.15. The number of nitrogens with one attached hydrogen (secondary N) is 1. The fourth-order valence-electron chi connectivity index (χ4n) is 5.90. The second-order valence-electron chi connectivity index (χ2n) is 11.1. The molecular weight excluding hydrogens is 512 g/mol. The molecule has 9 nitrogen and oxygen atoms in total. The van der Waals surface area contributed by atoms with Gasteiger partial charge in [0.05, 0.1) is 18.5 Å². The minimum absolute atomic E-state index is 0.0715. The summed E-state index contributed by atoms with van der Waals surface area (Å²) in [6.45, 7) is 6.88. The quantitative estimate of drug-likeness (QED) is 0.314. The number of carbonyl (C=O) groups excluding carboxylic acids is 1. The van der Waals surface area contributed by atoms with E-state index >= 15 is 0 Å². The largest absolute Gasteiger partial charge is 0.470 e. The van der Waals surface area contributed by atoms with Gasteiger partial charge in [-0.1, -0.05) is 37.3 Å². The lowest BCUT2D eigenvalue weighted by Crippen LogP contribution is -2.50. The average Bonchev–Trinajstić information content (AvgIpc) is 3.48. The van der Waals surface area contributed by atoms with Crippen LogP contribution in [0.5, 0.6) is 5.19 Å². The second kappa shape index (κ2) is 10.7. The van der Waals surface area contributed by atoms with Crippen molar-refractivity contribution >= 4 is 27.6 Å². The Bertz CT molecular complexity index is 1430. The molecule has 2 aliphatic rings. The van der Waals surface area contributed by atoms with E-state index in [-0.39, 0.29) is 11.3 Å². The van der Waals surface area contributed by atoms with E-state index < -0.39 is 0 Å². The maximum absolute atomic E-state index is 12.7. The average molecular weight is 547 g/mol. The number of piperidine rings is 1. The highest BCUT2D eigenvalue weighted by Gasteiger charge is 2.46. The Morgan fingerprint density at radius 2 is 2.03 bits per heavy atom. The van der Waals surface area contributed by atoms with Gasteiger partial charge in [-0.15, -0.1) is 5.10 Å². The van der Waals surface area contributed by atoms with Crippen LogP contribution in [0.25, 0.3) is 21.6 Å². The van der Waals surface area contributed by atoms with Crippen LogP contribution in [-0.2, 0) is 5.41 Å². The fourth-order valence-corrected chi connectivity index (χ4v) is 6.72. The molecule has 204 valence electrons. The molecule has 1 saturated heterocycles. The summed E-state index contributed by atoms with van der Waals surface area (Å²) in [6, 6.07) is 12.0. The summed E-state index contributed by atoms with van der Waals surface area (Å²) in [5.41, 5.74) is 3.15. The van der Waals surface area contributed by atoms with Crippen LogP contribution in [0.15, 0.2) is 47.1 Å². The van der Waals surface area contributed by atoms with Crippen LogP contribution >= 0.6 is 11.3 Å². The Kier molecular flexibility index (Phi) is 7.07. The molecule has 1 aliphatic heterocycles. The van der Waals surface area contributed by atoms with E-state index in [2.05, 4.69) is 34.5 Å². The summed E-state index contributed by atoms with van der Waals surface area (Å²) >= 11 is 1.45. The molecule has 4 heterocycles. The van der Waals surface area contributed by atoms with Crippen LogP contribution in [0.2, 0.25) is 0 Å². The lowest BCUT2D eigenvalue weighted by atomic mass is 9.63. The molecule has 0 spiro atoms. The molecular formula is C29H34N6O3S. The maximum Gasteiger partial charge on any atom is 0.275 e. The van der Waals surface area contributed by atoms with E-state index in [1.165, 1.54) is 11.3 Å². The first-order valence-electron chi connectivity index (χ1n) is 13.7. The highest BCUT2D eigenvalue weighted by molar-refractivity contribution is 7.19. The molecule has 0 bridgehead atoms. The minimum Gasteiger partial charge on any atom is -0.470 e. The van der Waals surface area contributed by atoms with Crippen molar-refractivity contribution in [3.8, 4) is 16.5 Å². The zero-order valence-corrected chi connectivity index (χ0v) is 23.4. The zero-order chi connectivity index (χ0) is 27.0. The van der Waals surface area contributed by atoms with Gasteiger partial charge in [-0.05, 0) is 74.9 Å². The van der Waals surface area contributed by atoms with E-state index in [4.69, 9.17) is 14.2 Å². The Morgan fingerprint density at radius 1 is 1.21 bits per heavy atom. The first-order valence-corrected chi connectivity index (χ1v) is 14.5. The number of carbonyl (C=O) groups is 1. The van der Waals surface area contributed by atoms with Crippen LogP contribution in [-0.4, -0.2) is 63.9 Å². The van der Waals surface area contributed by atoms with Gasteiger partial charge in [-0.25, -0.2) is 9.97 Å². The summed E-state index contributed by atoms with van der Waals surface area (Å²) in [5, 5.41) is 11.9. The normalized spacial score (nSPS) is 21.4. The monoisotopic (exact) mass is 546 g/mol. The summed E-state index contributed by atoms with van der Waals surface area (Å²) in [4.78, 5) is 24.8. The van der Waals surface area contributed by atoms with Crippen molar-refractivity contribution in [1.82, 2.24) is 30.6 Å². The van der Waals surface area contributed by atoms with Gasteiger partial charge in [0.1, 0.15) is 10.3 Å². The smallest absolute Gasteiger partial charge is 0.275 e. The van der Waals surface area contributed by atoms with Crippen molar-refractivity contribution < 1.29 is 14.1 Å². The number of aromatic nitrogens is 4. The van der Waals surface area contributed by atoms with Crippen LogP contribution in [0.4, 0.5) is 0 Å². The molecule has 0 radical (unpaired) electrons. The van der Waals surface area contributed by atoms with E-state index in [9.17, 15) is 4.79 Å². The third-order valence-corrected chi connectivity index (χ3v) is 9.21. The lowest BCUT2D eigenvalue weighted by molar-refractivity contribution is 0.0785. The number of hydrogen-bond donors (Lipinski definition) is 1. The molecule has 1 aliphatic carbocycles. The third kappa shape index (κ3) is 5.15. The number of amides is 1. The van der Waals surface area contributed by atoms with Gasteiger partial charge >= 0.3 is 0 Å². The van der Waals surface area contributed by atoms with Gasteiger partial charge in [0.2, 0.25) is 0 Å². The number of benzene rings is 1. The minimum atomic E-state index is -0.175. The van der Waals surface area contributed by atoms with E-state index in [1.54, 1.807) is 6.20 Å². The number of nitrogens with zero attached hydrogens (tertiary/aromatic N) is 5. The van der Waals surface area contributed by atoms with Crippen LogP contribution < -0.4 is 10.1 Å². The molecule has 2 fully saturated rings.